The van der Waals surface area contributed by atoms with Crippen LogP contribution in [0.25, 0.3) is 0 Å². The molecule has 0 spiro atoms. The molecule has 0 heterocycles. The second-order valence-electron chi connectivity index (χ2n) is 5.50. The van der Waals surface area contributed by atoms with E-state index in [0.717, 1.165) is 30.9 Å². The van der Waals surface area contributed by atoms with Crippen LogP contribution in [-0.4, -0.2) is 18.2 Å². The van der Waals surface area contributed by atoms with Crippen molar-refractivity contribution in [3.63, 3.8) is 0 Å². The minimum absolute atomic E-state index is 0.0638. The molecule has 0 amide bonds. The van der Waals surface area contributed by atoms with Gasteiger partial charge in [-0.2, -0.15) is 0 Å². The molecule has 2 N–H and O–H groups in total. The molecule has 1 aliphatic carbocycles. The standard InChI is InChI=1S/C16H24ClNO/c1-2-19-16(10-4-3-5-11-16)15(18)12-13-6-8-14(17)9-7-13/h6-9,15H,2-5,10-12,18H2,1H3. The Bertz CT molecular complexity index is 379. The molecule has 2 nitrogen and oxygen atoms in total. The predicted octanol–water partition coefficient (Wildman–Crippen LogP) is 3.95. The normalized spacial score (nSPS) is 20.2. The van der Waals surface area contributed by atoms with E-state index in [-0.39, 0.29) is 11.6 Å². The largest absolute Gasteiger partial charge is 0.374 e. The SMILES string of the molecule is CCOC1(C(N)Cc2ccc(Cl)cc2)CCCCC1. The number of ether oxygens (including phenoxy) is 1. The lowest BCUT2D eigenvalue weighted by Crippen LogP contribution is -2.52. The second-order valence-corrected chi connectivity index (χ2v) is 5.93. The monoisotopic (exact) mass is 281 g/mol. The van der Waals surface area contributed by atoms with Gasteiger partial charge in [-0.25, -0.2) is 0 Å². The van der Waals surface area contributed by atoms with Crippen LogP contribution < -0.4 is 5.73 Å². The summed E-state index contributed by atoms with van der Waals surface area (Å²) in [6.45, 7) is 2.81. The minimum atomic E-state index is -0.118. The molecule has 3 heteroatoms. The zero-order valence-electron chi connectivity index (χ0n) is 11.7. The molecule has 1 saturated carbocycles. The van der Waals surface area contributed by atoms with Crippen LogP contribution in [0, 0.1) is 0 Å². The first-order chi connectivity index (χ1) is 9.16. The van der Waals surface area contributed by atoms with E-state index in [9.17, 15) is 0 Å². The number of hydrogen-bond donors (Lipinski definition) is 1. The van der Waals surface area contributed by atoms with Gasteiger partial charge in [0.05, 0.1) is 5.60 Å². The van der Waals surface area contributed by atoms with Crippen LogP contribution >= 0.6 is 11.6 Å². The van der Waals surface area contributed by atoms with E-state index >= 15 is 0 Å². The van der Waals surface area contributed by atoms with Gasteiger partial charge in [0.25, 0.3) is 0 Å². The lowest BCUT2D eigenvalue weighted by Gasteiger charge is -2.41. The molecule has 106 valence electrons. The highest BCUT2D eigenvalue weighted by Gasteiger charge is 2.38. The van der Waals surface area contributed by atoms with Crippen LogP contribution in [0.4, 0.5) is 0 Å². The van der Waals surface area contributed by atoms with Crippen molar-refractivity contribution in [1.82, 2.24) is 0 Å². The van der Waals surface area contributed by atoms with E-state index < -0.39 is 0 Å². The number of benzene rings is 1. The third kappa shape index (κ3) is 3.71. The summed E-state index contributed by atoms with van der Waals surface area (Å²) in [7, 11) is 0. The summed E-state index contributed by atoms with van der Waals surface area (Å²) in [6, 6.07) is 8.04. The lowest BCUT2D eigenvalue weighted by atomic mass is 9.77. The average molecular weight is 282 g/mol. The lowest BCUT2D eigenvalue weighted by molar-refractivity contribution is -0.0817. The Balaban J connectivity index is 2.06. The molecule has 0 bridgehead atoms. The van der Waals surface area contributed by atoms with Crippen molar-refractivity contribution in [2.75, 3.05) is 6.61 Å². The van der Waals surface area contributed by atoms with Crippen LogP contribution in [0.15, 0.2) is 24.3 Å². The van der Waals surface area contributed by atoms with E-state index in [2.05, 4.69) is 19.1 Å². The number of halogens is 1. The molecule has 1 unspecified atom stereocenters. The highest BCUT2D eigenvalue weighted by Crippen LogP contribution is 2.35. The van der Waals surface area contributed by atoms with E-state index in [4.69, 9.17) is 22.1 Å². The Labute approximate surface area is 121 Å². The summed E-state index contributed by atoms with van der Waals surface area (Å²) < 4.78 is 6.08. The maximum Gasteiger partial charge on any atom is 0.0835 e. The van der Waals surface area contributed by atoms with Gasteiger partial charge in [-0.3, -0.25) is 0 Å². The van der Waals surface area contributed by atoms with Gasteiger partial charge in [-0.1, -0.05) is 43.0 Å². The van der Waals surface area contributed by atoms with Crippen LogP contribution in [0.2, 0.25) is 5.02 Å². The van der Waals surface area contributed by atoms with E-state index in [1.807, 2.05) is 12.1 Å². The molecule has 2 rings (SSSR count). The van der Waals surface area contributed by atoms with E-state index in [0.29, 0.717) is 0 Å². The van der Waals surface area contributed by atoms with Crippen LogP contribution in [0.3, 0.4) is 0 Å². The van der Waals surface area contributed by atoms with Gasteiger partial charge in [0.1, 0.15) is 0 Å². The van der Waals surface area contributed by atoms with Gasteiger partial charge in [0, 0.05) is 17.7 Å². The van der Waals surface area contributed by atoms with Crippen LogP contribution in [0.1, 0.15) is 44.6 Å². The number of nitrogens with two attached hydrogens (primary N) is 1. The Kier molecular flexibility index (Phi) is 5.26. The molecule has 1 fully saturated rings. The Morgan fingerprint density at radius 2 is 1.84 bits per heavy atom. The molecule has 19 heavy (non-hydrogen) atoms. The van der Waals surface area contributed by atoms with Crippen LogP contribution in [-0.2, 0) is 11.2 Å². The first kappa shape index (κ1) is 14.8. The highest BCUT2D eigenvalue weighted by atomic mass is 35.5. The summed E-state index contributed by atoms with van der Waals surface area (Å²) in [5.74, 6) is 0. The van der Waals surface area contributed by atoms with Gasteiger partial charge < -0.3 is 10.5 Å². The third-order valence-corrected chi connectivity index (χ3v) is 4.43. The van der Waals surface area contributed by atoms with Crippen molar-refractivity contribution in [2.45, 2.75) is 57.1 Å². The smallest absolute Gasteiger partial charge is 0.0835 e. The zero-order chi connectivity index (χ0) is 13.7. The van der Waals surface area contributed by atoms with Gasteiger partial charge >= 0.3 is 0 Å². The summed E-state index contributed by atoms with van der Waals surface area (Å²) in [5, 5.41) is 0.773. The van der Waals surface area contributed by atoms with Crippen molar-refractivity contribution in [1.29, 1.82) is 0 Å². The van der Waals surface area contributed by atoms with Gasteiger partial charge in [0.2, 0.25) is 0 Å². The fraction of sp³-hybridized carbons (Fsp3) is 0.625. The first-order valence-electron chi connectivity index (χ1n) is 7.30. The Morgan fingerprint density at radius 1 is 1.21 bits per heavy atom. The summed E-state index contributed by atoms with van der Waals surface area (Å²) in [6.07, 6.45) is 6.81. The minimum Gasteiger partial charge on any atom is -0.374 e. The van der Waals surface area contributed by atoms with Crippen molar-refractivity contribution >= 4 is 11.6 Å². The van der Waals surface area contributed by atoms with Gasteiger partial charge in [-0.15, -0.1) is 0 Å². The molecule has 0 saturated heterocycles. The zero-order valence-corrected chi connectivity index (χ0v) is 12.5. The topological polar surface area (TPSA) is 35.2 Å². The van der Waals surface area contributed by atoms with Crippen molar-refractivity contribution in [3.05, 3.63) is 34.9 Å². The number of hydrogen-bond acceptors (Lipinski definition) is 2. The fourth-order valence-electron chi connectivity index (χ4n) is 3.12. The predicted molar refractivity (Wildman–Crippen MR) is 80.6 cm³/mol. The molecule has 1 aromatic carbocycles. The maximum atomic E-state index is 6.48. The molecule has 1 atom stereocenters. The van der Waals surface area contributed by atoms with E-state index in [1.165, 1.54) is 24.8 Å². The molecule has 1 aromatic rings. The quantitative estimate of drug-likeness (QED) is 0.887. The van der Waals surface area contributed by atoms with E-state index in [1.54, 1.807) is 0 Å². The second kappa shape index (κ2) is 6.74. The van der Waals surface area contributed by atoms with Crippen molar-refractivity contribution < 1.29 is 4.74 Å². The molecule has 0 aromatic heterocycles. The molecule has 1 aliphatic rings. The van der Waals surface area contributed by atoms with Gasteiger partial charge in [-0.05, 0) is 43.9 Å². The fourth-order valence-corrected chi connectivity index (χ4v) is 3.25. The Morgan fingerprint density at radius 3 is 2.42 bits per heavy atom. The third-order valence-electron chi connectivity index (χ3n) is 4.18. The maximum absolute atomic E-state index is 6.48. The van der Waals surface area contributed by atoms with Crippen molar-refractivity contribution in [2.24, 2.45) is 5.73 Å². The van der Waals surface area contributed by atoms with Crippen molar-refractivity contribution in [3.8, 4) is 0 Å². The summed E-state index contributed by atoms with van der Waals surface area (Å²) >= 11 is 5.92. The van der Waals surface area contributed by atoms with Gasteiger partial charge in [0.15, 0.2) is 0 Å². The molecular weight excluding hydrogens is 258 g/mol. The summed E-state index contributed by atoms with van der Waals surface area (Å²) in [5.41, 5.74) is 7.60. The Hall–Kier alpha value is -0.570. The molecular formula is C16H24ClNO. The molecule has 0 aliphatic heterocycles. The first-order valence-corrected chi connectivity index (χ1v) is 7.68. The highest BCUT2D eigenvalue weighted by molar-refractivity contribution is 6.30. The summed E-state index contributed by atoms with van der Waals surface area (Å²) in [4.78, 5) is 0. The average Bonchev–Trinajstić information content (AvgIpc) is 2.43. The number of rotatable bonds is 5. The van der Waals surface area contributed by atoms with Crippen LogP contribution in [0.5, 0.6) is 0 Å². The molecule has 0 radical (unpaired) electrons.